The van der Waals surface area contributed by atoms with E-state index in [1.807, 2.05) is 26.1 Å². The molecule has 1 aliphatic carbocycles. The van der Waals surface area contributed by atoms with Crippen LogP contribution >= 0.6 is 0 Å². The van der Waals surface area contributed by atoms with E-state index in [1.54, 1.807) is 16.4 Å². The van der Waals surface area contributed by atoms with Crippen LogP contribution in [0.15, 0.2) is 35.7 Å². The minimum atomic E-state index is -3.44. The number of hydrogen-bond acceptors (Lipinski definition) is 3. The topological polar surface area (TPSA) is 49.4 Å². The van der Waals surface area contributed by atoms with Gasteiger partial charge in [-0.3, -0.25) is 0 Å². The van der Waals surface area contributed by atoms with Gasteiger partial charge in [0.15, 0.2) is 0 Å². The largest absolute Gasteiger partial charge is 0.316 e. The predicted octanol–water partition coefficient (Wildman–Crippen LogP) is 2.05. The average molecular weight is 294 g/mol. The quantitative estimate of drug-likeness (QED) is 0.783. The first-order valence-electron chi connectivity index (χ1n) is 6.88. The maximum absolute atomic E-state index is 12.8. The standard InChI is InChI=1S/C15H22N2O2S/c1-4-10-17(14-8-9-14)20(18,19)15-7-5-6-13(11-16-3)12(15)2/h4-7,14,16H,1,8-11H2,2-3H3. The highest BCUT2D eigenvalue weighted by Crippen LogP contribution is 2.33. The summed E-state index contributed by atoms with van der Waals surface area (Å²) in [6.45, 7) is 6.59. The van der Waals surface area contributed by atoms with E-state index in [1.165, 1.54) is 0 Å². The highest BCUT2D eigenvalue weighted by molar-refractivity contribution is 7.89. The van der Waals surface area contributed by atoms with Crippen molar-refractivity contribution in [3.05, 3.63) is 42.0 Å². The van der Waals surface area contributed by atoms with Crippen LogP contribution in [0.5, 0.6) is 0 Å². The zero-order valence-electron chi connectivity index (χ0n) is 12.1. The summed E-state index contributed by atoms with van der Waals surface area (Å²) in [5.41, 5.74) is 1.85. The van der Waals surface area contributed by atoms with Crippen molar-refractivity contribution in [3.63, 3.8) is 0 Å². The fourth-order valence-electron chi connectivity index (χ4n) is 2.38. The molecule has 1 fully saturated rings. The van der Waals surface area contributed by atoms with Gasteiger partial charge in [-0.1, -0.05) is 18.2 Å². The lowest BCUT2D eigenvalue weighted by Gasteiger charge is -2.22. The van der Waals surface area contributed by atoms with Crippen LogP contribution in [0.25, 0.3) is 0 Å². The van der Waals surface area contributed by atoms with Gasteiger partial charge in [-0.2, -0.15) is 4.31 Å². The van der Waals surface area contributed by atoms with Gasteiger partial charge in [-0.25, -0.2) is 8.42 Å². The molecule has 0 aromatic heterocycles. The SMILES string of the molecule is C=CCN(C1CC1)S(=O)(=O)c1cccc(CNC)c1C. The molecule has 1 aliphatic rings. The Morgan fingerprint density at radius 3 is 2.70 bits per heavy atom. The molecule has 0 radical (unpaired) electrons. The molecule has 1 aromatic carbocycles. The monoisotopic (exact) mass is 294 g/mol. The van der Waals surface area contributed by atoms with Gasteiger partial charge in [0.25, 0.3) is 0 Å². The Balaban J connectivity index is 2.42. The lowest BCUT2D eigenvalue weighted by atomic mass is 10.1. The van der Waals surface area contributed by atoms with E-state index < -0.39 is 10.0 Å². The first-order valence-corrected chi connectivity index (χ1v) is 8.32. The number of hydrogen-bond donors (Lipinski definition) is 1. The Bertz CT molecular complexity index is 592. The summed E-state index contributed by atoms with van der Waals surface area (Å²) >= 11 is 0. The first-order chi connectivity index (χ1) is 9.52. The highest BCUT2D eigenvalue weighted by Gasteiger charge is 2.37. The van der Waals surface area contributed by atoms with Gasteiger partial charge in [0.2, 0.25) is 10.0 Å². The summed E-state index contributed by atoms with van der Waals surface area (Å²) in [7, 11) is -1.58. The molecule has 0 saturated heterocycles. The van der Waals surface area contributed by atoms with E-state index in [0.717, 1.165) is 24.0 Å². The van der Waals surface area contributed by atoms with Crippen molar-refractivity contribution in [1.82, 2.24) is 9.62 Å². The first kappa shape index (κ1) is 15.2. The van der Waals surface area contributed by atoms with E-state index in [-0.39, 0.29) is 6.04 Å². The van der Waals surface area contributed by atoms with Crippen LogP contribution in [0, 0.1) is 6.92 Å². The molecule has 0 aliphatic heterocycles. The molecule has 1 N–H and O–H groups in total. The van der Waals surface area contributed by atoms with E-state index in [4.69, 9.17) is 0 Å². The van der Waals surface area contributed by atoms with Gasteiger partial charge < -0.3 is 5.32 Å². The molecule has 110 valence electrons. The number of sulfonamides is 1. The molecule has 0 atom stereocenters. The fourth-order valence-corrected chi connectivity index (χ4v) is 4.31. The Labute approximate surface area is 121 Å². The van der Waals surface area contributed by atoms with Crippen molar-refractivity contribution in [2.45, 2.75) is 37.2 Å². The minimum absolute atomic E-state index is 0.144. The van der Waals surface area contributed by atoms with Gasteiger partial charge in [0.1, 0.15) is 0 Å². The van der Waals surface area contributed by atoms with Crippen LogP contribution in [0.3, 0.4) is 0 Å². The summed E-state index contributed by atoms with van der Waals surface area (Å²) in [6.07, 6.45) is 3.55. The lowest BCUT2D eigenvalue weighted by Crippen LogP contribution is -2.33. The third kappa shape index (κ3) is 2.95. The lowest BCUT2D eigenvalue weighted by molar-refractivity contribution is 0.435. The van der Waals surface area contributed by atoms with Crippen molar-refractivity contribution < 1.29 is 8.42 Å². The predicted molar refractivity (Wildman–Crippen MR) is 81.1 cm³/mol. The maximum Gasteiger partial charge on any atom is 0.243 e. The average Bonchev–Trinajstić information content (AvgIpc) is 3.22. The molecule has 0 heterocycles. The molecule has 0 amide bonds. The zero-order chi connectivity index (χ0) is 14.8. The molecule has 0 bridgehead atoms. The molecule has 1 aromatic rings. The van der Waals surface area contributed by atoms with Crippen LogP contribution in [0.4, 0.5) is 0 Å². The number of nitrogens with zero attached hydrogens (tertiary/aromatic N) is 1. The molecule has 5 heteroatoms. The molecule has 4 nitrogen and oxygen atoms in total. The van der Waals surface area contributed by atoms with Gasteiger partial charge in [-0.15, -0.1) is 6.58 Å². The highest BCUT2D eigenvalue weighted by atomic mass is 32.2. The summed E-state index contributed by atoms with van der Waals surface area (Å²) in [4.78, 5) is 0.416. The van der Waals surface area contributed by atoms with Crippen molar-refractivity contribution in [2.75, 3.05) is 13.6 Å². The van der Waals surface area contributed by atoms with E-state index >= 15 is 0 Å². The zero-order valence-corrected chi connectivity index (χ0v) is 12.9. The second-order valence-corrected chi connectivity index (χ2v) is 7.02. The molecule has 1 saturated carbocycles. The Morgan fingerprint density at radius 1 is 1.45 bits per heavy atom. The van der Waals surface area contributed by atoms with Crippen molar-refractivity contribution in [3.8, 4) is 0 Å². The van der Waals surface area contributed by atoms with Crippen molar-refractivity contribution >= 4 is 10.0 Å². The molecule has 0 unspecified atom stereocenters. The van der Waals surface area contributed by atoms with Crippen LogP contribution < -0.4 is 5.32 Å². The molecular weight excluding hydrogens is 272 g/mol. The van der Waals surface area contributed by atoms with Crippen molar-refractivity contribution in [1.29, 1.82) is 0 Å². The third-order valence-electron chi connectivity index (χ3n) is 3.61. The normalized spacial score (nSPS) is 15.6. The summed E-state index contributed by atoms with van der Waals surface area (Å²) in [5, 5.41) is 3.07. The van der Waals surface area contributed by atoms with Crippen LogP contribution in [-0.2, 0) is 16.6 Å². The van der Waals surface area contributed by atoms with E-state index in [9.17, 15) is 8.42 Å². The molecule has 0 spiro atoms. The van der Waals surface area contributed by atoms with Gasteiger partial charge in [0, 0.05) is 19.1 Å². The van der Waals surface area contributed by atoms with Gasteiger partial charge >= 0.3 is 0 Å². The van der Waals surface area contributed by atoms with E-state index in [0.29, 0.717) is 18.0 Å². The number of benzene rings is 1. The smallest absolute Gasteiger partial charge is 0.243 e. The molecule has 2 rings (SSSR count). The van der Waals surface area contributed by atoms with Gasteiger partial charge in [0.05, 0.1) is 4.90 Å². The Morgan fingerprint density at radius 2 is 2.15 bits per heavy atom. The number of rotatable bonds is 7. The number of nitrogens with one attached hydrogen (secondary N) is 1. The van der Waals surface area contributed by atoms with Crippen LogP contribution in [0.2, 0.25) is 0 Å². The second-order valence-electron chi connectivity index (χ2n) is 5.17. The van der Waals surface area contributed by atoms with Crippen LogP contribution in [0.1, 0.15) is 24.0 Å². The summed E-state index contributed by atoms with van der Waals surface area (Å²) < 4.78 is 27.3. The Kier molecular flexibility index (Phi) is 4.62. The van der Waals surface area contributed by atoms with Crippen molar-refractivity contribution in [2.24, 2.45) is 0 Å². The summed E-state index contributed by atoms with van der Waals surface area (Å²) in [5.74, 6) is 0. The van der Waals surface area contributed by atoms with E-state index in [2.05, 4.69) is 11.9 Å². The van der Waals surface area contributed by atoms with Gasteiger partial charge in [-0.05, 0) is 44.0 Å². The fraction of sp³-hybridized carbons (Fsp3) is 0.467. The molecular formula is C15H22N2O2S. The van der Waals surface area contributed by atoms with Crippen LogP contribution in [-0.4, -0.2) is 32.4 Å². The second kappa shape index (κ2) is 6.08. The molecule has 20 heavy (non-hydrogen) atoms. The summed E-state index contributed by atoms with van der Waals surface area (Å²) in [6, 6.07) is 5.61. The minimum Gasteiger partial charge on any atom is -0.316 e. The Hall–Kier alpha value is -1.17. The maximum atomic E-state index is 12.8. The third-order valence-corrected chi connectivity index (χ3v) is 5.68.